The predicted octanol–water partition coefficient (Wildman–Crippen LogP) is 0.989. The van der Waals surface area contributed by atoms with Gasteiger partial charge in [-0.25, -0.2) is 12.7 Å². The smallest absolute Gasteiger partial charge is 0.258 e. The summed E-state index contributed by atoms with van der Waals surface area (Å²) in [6, 6.07) is 4.64. The molecular weight excluding hydrogens is 330 g/mol. The van der Waals surface area contributed by atoms with Crippen molar-refractivity contribution in [2.45, 2.75) is 4.90 Å². The topological polar surface area (TPSA) is 87.5 Å². The Bertz CT molecular complexity index is 856. The highest BCUT2D eigenvalue weighted by molar-refractivity contribution is 7.89. The van der Waals surface area contributed by atoms with Crippen LogP contribution in [-0.2, 0) is 17.1 Å². The molecule has 0 bridgehead atoms. The standard InChI is InChI=1S/C15H21N5O3S/c1-18(2)14-7-6-12(24(22,23)19(3)4)8-13(14)17-15(21)11-9-16-20(5)10-11/h6-10H,1-5H3,(H,17,21). The normalized spacial score (nSPS) is 11.6. The molecule has 0 aliphatic heterocycles. The minimum absolute atomic E-state index is 0.111. The molecule has 0 aliphatic carbocycles. The molecule has 0 radical (unpaired) electrons. The first kappa shape index (κ1) is 18.0. The Morgan fingerprint density at radius 1 is 1.21 bits per heavy atom. The molecule has 0 saturated carbocycles. The van der Waals surface area contributed by atoms with E-state index in [4.69, 9.17) is 0 Å². The van der Waals surface area contributed by atoms with Gasteiger partial charge in [-0.2, -0.15) is 5.10 Å². The maximum absolute atomic E-state index is 12.4. The van der Waals surface area contributed by atoms with E-state index in [2.05, 4.69) is 10.4 Å². The number of anilines is 2. The third-order valence-corrected chi connectivity index (χ3v) is 5.25. The first-order valence-electron chi connectivity index (χ1n) is 7.17. The van der Waals surface area contributed by atoms with Crippen molar-refractivity contribution in [2.75, 3.05) is 38.4 Å². The van der Waals surface area contributed by atoms with E-state index >= 15 is 0 Å². The quantitative estimate of drug-likeness (QED) is 0.868. The Balaban J connectivity index is 2.44. The van der Waals surface area contributed by atoms with Gasteiger partial charge in [0.25, 0.3) is 5.91 Å². The molecule has 0 saturated heterocycles. The number of nitrogens with zero attached hydrogens (tertiary/aromatic N) is 4. The SMILES string of the molecule is CN(C)c1ccc(S(=O)(=O)N(C)C)cc1NC(=O)c1cnn(C)c1. The second kappa shape index (κ2) is 6.62. The van der Waals surface area contributed by atoms with Gasteiger partial charge in [-0.15, -0.1) is 0 Å². The van der Waals surface area contributed by atoms with Gasteiger partial charge in [0.15, 0.2) is 0 Å². The van der Waals surface area contributed by atoms with Crippen LogP contribution < -0.4 is 10.2 Å². The molecule has 1 aromatic carbocycles. The van der Waals surface area contributed by atoms with E-state index in [1.54, 1.807) is 24.2 Å². The lowest BCUT2D eigenvalue weighted by molar-refractivity contribution is 0.102. The van der Waals surface area contributed by atoms with Gasteiger partial charge in [-0.3, -0.25) is 9.48 Å². The van der Waals surface area contributed by atoms with Crippen molar-refractivity contribution in [3.63, 3.8) is 0 Å². The molecule has 1 aromatic heterocycles. The van der Waals surface area contributed by atoms with Crippen LogP contribution in [0.25, 0.3) is 0 Å². The largest absolute Gasteiger partial charge is 0.376 e. The summed E-state index contributed by atoms with van der Waals surface area (Å²) >= 11 is 0. The molecule has 2 aromatic rings. The van der Waals surface area contributed by atoms with Crippen LogP contribution >= 0.6 is 0 Å². The first-order chi connectivity index (χ1) is 11.1. The van der Waals surface area contributed by atoms with E-state index in [0.717, 1.165) is 4.31 Å². The Hall–Kier alpha value is -2.39. The van der Waals surface area contributed by atoms with Gasteiger partial charge in [0, 0.05) is 41.4 Å². The number of rotatable bonds is 5. The van der Waals surface area contributed by atoms with Gasteiger partial charge in [0.1, 0.15) is 0 Å². The molecule has 1 amide bonds. The van der Waals surface area contributed by atoms with Gasteiger partial charge < -0.3 is 10.2 Å². The van der Waals surface area contributed by atoms with Gasteiger partial charge >= 0.3 is 0 Å². The monoisotopic (exact) mass is 351 g/mol. The molecule has 8 nitrogen and oxygen atoms in total. The van der Waals surface area contributed by atoms with E-state index < -0.39 is 10.0 Å². The maximum atomic E-state index is 12.4. The second-order valence-electron chi connectivity index (χ2n) is 5.72. The molecule has 0 atom stereocenters. The van der Waals surface area contributed by atoms with E-state index in [1.807, 2.05) is 14.1 Å². The molecule has 2 rings (SSSR count). The highest BCUT2D eigenvalue weighted by Crippen LogP contribution is 2.29. The van der Waals surface area contributed by atoms with E-state index in [-0.39, 0.29) is 10.8 Å². The molecule has 9 heteroatoms. The molecule has 0 fully saturated rings. The van der Waals surface area contributed by atoms with Gasteiger partial charge in [-0.1, -0.05) is 0 Å². The molecule has 0 unspecified atom stereocenters. The Kier molecular flexibility index (Phi) is 4.95. The number of benzene rings is 1. The van der Waals surface area contributed by atoms with Crippen LogP contribution in [0.1, 0.15) is 10.4 Å². The van der Waals surface area contributed by atoms with Crippen LogP contribution in [0, 0.1) is 0 Å². The highest BCUT2D eigenvalue weighted by Gasteiger charge is 2.20. The van der Waals surface area contributed by atoms with Crippen molar-refractivity contribution in [2.24, 2.45) is 7.05 Å². The number of nitrogens with one attached hydrogen (secondary N) is 1. The highest BCUT2D eigenvalue weighted by atomic mass is 32.2. The molecule has 0 aliphatic rings. The summed E-state index contributed by atoms with van der Waals surface area (Å²) in [6.45, 7) is 0. The average molecular weight is 351 g/mol. The Morgan fingerprint density at radius 3 is 2.38 bits per heavy atom. The third kappa shape index (κ3) is 3.57. The van der Waals surface area contributed by atoms with Crippen molar-refractivity contribution in [1.29, 1.82) is 0 Å². The summed E-state index contributed by atoms with van der Waals surface area (Å²) < 4.78 is 27.3. The summed E-state index contributed by atoms with van der Waals surface area (Å²) in [7, 11) is 4.68. The lowest BCUT2D eigenvalue weighted by Gasteiger charge is -2.20. The van der Waals surface area contributed by atoms with Crippen LogP contribution in [0.5, 0.6) is 0 Å². The number of aromatic nitrogens is 2. The van der Waals surface area contributed by atoms with Crippen LogP contribution in [0.15, 0.2) is 35.5 Å². The first-order valence-corrected chi connectivity index (χ1v) is 8.61. The number of amides is 1. The zero-order valence-electron chi connectivity index (χ0n) is 14.3. The second-order valence-corrected chi connectivity index (χ2v) is 7.87. The van der Waals surface area contributed by atoms with E-state index in [1.165, 1.54) is 37.1 Å². The minimum atomic E-state index is -3.59. The fourth-order valence-corrected chi connectivity index (χ4v) is 3.04. The fraction of sp³-hybridized carbons (Fsp3) is 0.333. The van der Waals surface area contributed by atoms with E-state index in [9.17, 15) is 13.2 Å². The summed E-state index contributed by atoms with van der Waals surface area (Å²) in [4.78, 5) is 14.3. The van der Waals surface area contributed by atoms with Crippen LogP contribution in [0.3, 0.4) is 0 Å². The summed E-state index contributed by atoms with van der Waals surface area (Å²) in [5.74, 6) is -0.356. The molecule has 24 heavy (non-hydrogen) atoms. The van der Waals surface area contributed by atoms with Crippen molar-refractivity contribution >= 4 is 27.3 Å². The number of sulfonamides is 1. The Morgan fingerprint density at radius 2 is 1.88 bits per heavy atom. The number of carbonyl (C=O) groups is 1. The molecular formula is C15H21N5O3S. The van der Waals surface area contributed by atoms with Crippen molar-refractivity contribution in [3.8, 4) is 0 Å². The van der Waals surface area contributed by atoms with Gasteiger partial charge in [-0.05, 0) is 18.2 Å². The predicted molar refractivity (Wildman–Crippen MR) is 92.8 cm³/mol. The zero-order valence-corrected chi connectivity index (χ0v) is 15.1. The summed E-state index contributed by atoms with van der Waals surface area (Å²) in [5.41, 5.74) is 1.50. The van der Waals surface area contributed by atoms with Crippen LogP contribution in [-0.4, -0.2) is 56.6 Å². The number of hydrogen-bond donors (Lipinski definition) is 1. The summed E-state index contributed by atoms with van der Waals surface area (Å²) in [6.07, 6.45) is 3.04. The molecule has 0 spiro atoms. The van der Waals surface area contributed by atoms with Crippen molar-refractivity contribution in [1.82, 2.24) is 14.1 Å². The Labute approximate surface area is 141 Å². The van der Waals surface area contributed by atoms with Crippen LogP contribution in [0.2, 0.25) is 0 Å². The fourth-order valence-electron chi connectivity index (χ4n) is 2.11. The van der Waals surface area contributed by atoms with Gasteiger partial charge in [0.2, 0.25) is 10.0 Å². The van der Waals surface area contributed by atoms with Crippen molar-refractivity contribution < 1.29 is 13.2 Å². The zero-order chi connectivity index (χ0) is 18.1. The lowest BCUT2D eigenvalue weighted by atomic mass is 10.2. The summed E-state index contributed by atoms with van der Waals surface area (Å²) in [5, 5.41) is 6.72. The van der Waals surface area contributed by atoms with Crippen molar-refractivity contribution in [3.05, 3.63) is 36.2 Å². The van der Waals surface area contributed by atoms with E-state index in [0.29, 0.717) is 16.9 Å². The third-order valence-electron chi connectivity index (χ3n) is 3.44. The number of carbonyl (C=O) groups excluding carboxylic acids is 1. The van der Waals surface area contributed by atoms with Gasteiger partial charge in [0.05, 0.1) is 28.0 Å². The number of aryl methyl sites for hydroxylation is 1. The molecule has 1 N–H and O–H groups in total. The molecule has 130 valence electrons. The number of hydrogen-bond acceptors (Lipinski definition) is 5. The molecule has 1 heterocycles. The minimum Gasteiger partial charge on any atom is -0.376 e. The lowest BCUT2D eigenvalue weighted by Crippen LogP contribution is -2.23. The average Bonchev–Trinajstić information content (AvgIpc) is 2.93. The van der Waals surface area contributed by atoms with Crippen LogP contribution in [0.4, 0.5) is 11.4 Å². The maximum Gasteiger partial charge on any atom is 0.258 e.